The van der Waals surface area contributed by atoms with Crippen LogP contribution in [0.25, 0.3) is 11.3 Å². The lowest BCUT2D eigenvalue weighted by molar-refractivity contribution is -0.134. The van der Waals surface area contributed by atoms with E-state index >= 15 is 0 Å². The first-order chi connectivity index (χ1) is 12.6. The van der Waals surface area contributed by atoms with Gasteiger partial charge < -0.3 is 15.7 Å². The highest BCUT2D eigenvalue weighted by atomic mass is 79.9. The summed E-state index contributed by atoms with van der Waals surface area (Å²) < 4.78 is 1.00. The molecular formula is C18H16BrN5O2. The second-order valence-corrected chi connectivity index (χ2v) is 6.34. The minimum atomic E-state index is -0.980. The minimum Gasteiger partial charge on any atom is -0.480 e. The van der Waals surface area contributed by atoms with E-state index in [1.165, 1.54) is 0 Å². The molecule has 2 heterocycles. The summed E-state index contributed by atoms with van der Waals surface area (Å²) in [7, 11) is 0. The maximum Gasteiger partial charge on any atom is 0.322 e. The number of aromatic nitrogens is 3. The van der Waals surface area contributed by atoms with Crippen molar-refractivity contribution in [1.29, 1.82) is 0 Å². The number of carboxylic acids is 1. The molecular weight excluding hydrogens is 398 g/mol. The van der Waals surface area contributed by atoms with Crippen LogP contribution >= 0.6 is 15.9 Å². The number of hydrogen-bond acceptors (Lipinski definition) is 6. The predicted octanol–water partition coefficient (Wildman–Crippen LogP) is 3.41. The lowest BCUT2D eigenvalue weighted by atomic mass is 10.2. The van der Waals surface area contributed by atoms with Crippen molar-refractivity contribution >= 4 is 33.7 Å². The fourth-order valence-electron chi connectivity index (χ4n) is 2.28. The molecule has 0 bridgehead atoms. The molecule has 1 aromatic carbocycles. The lowest BCUT2D eigenvalue weighted by Crippen LogP contribution is -2.15. The Morgan fingerprint density at radius 1 is 1.08 bits per heavy atom. The molecule has 3 N–H and O–H groups in total. The molecule has 0 radical (unpaired) electrons. The summed E-state index contributed by atoms with van der Waals surface area (Å²) in [5.74, 6) is -0.135. The number of hydrogen-bond donors (Lipinski definition) is 3. The van der Waals surface area contributed by atoms with E-state index in [-0.39, 0.29) is 12.5 Å². The van der Waals surface area contributed by atoms with Gasteiger partial charge in [0.15, 0.2) is 0 Å². The van der Waals surface area contributed by atoms with E-state index in [0.29, 0.717) is 18.1 Å². The normalized spacial score (nSPS) is 10.3. The fraction of sp³-hybridized carbons (Fsp3) is 0.111. The van der Waals surface area contributed by atoms with Crippen LogP contribution < -0.4 is 10.6 Å². The van der Waals surface area contributed by atoms with Crippen LogP contribution in [0.2, 0.25) is 0 Å². The molecule has 0 amide bonds. The average molecular weight is 414 g/mol. The van der Waals surface area contributed by atoms with Crippen LogP contribution in [-0.2, 0) is 11.3 Å². The smallest absolute Gasteiger partial charge is 0.322 e. The Bertz CT molecular complexity index is 905. The van der Waals surface area contributed by atoms with Crippen molar-refractivity contribution in [2.24, 2.45) is 0 Å². The molecule has 0 saturated heterocycles. The molecule has 0 saturated carbocycles. The average Bonchev–Trinajstić information content (AvgIpc) is 2.65. The molecule has 0 unspecified atom stereocenters. The second kappa shape index (κ2) is 8.39. The summed E-state index contributed by atoms with van der Waals surface area (Å²) >= 11 is 3.45. The third-order valence-corrected chi connectivity index (χ3v) is 3.96. The lowest BCUT2D eigenvalue weighted by Gasteiger charge is -2.11. The molecule has 0 aliphatic carbocycles. The van der Waals surface area contributed by atoms with Gasteiger partial charge in [-0.2, -0.15) is 4.98 Å². The number of nitrogens with zero attached hydrogens (tertiary/aromatic N) is 3. The third-order valence-electron chi connectivity index (χ3n) is 3.46. The predicted molar refractivity (Wildman–Crippen MR) is 103 cm³/mol. The molecule has 0 fully saturated rings. The zero-order valence-corrected chi connectivity index (χ0v) is 15.3. The largest absolute Gasteiger partial charge is 0.480 e. The van der Waals surface area contributed by atoms with Gasteiger partial charge in [0, 0.05) is 35.0 Å². The summed E-state index contributed by atoms with van der Waals surface area (Å²) in [5, 5.41) is 14.8. The first-order valence-corrected chi connectivity index (χ1v) is 8.63. The Balaban J connectivity index is 1.85. The first-order valence-electron chi connectivity index (χ1n) is 7.83. The highest BCUT2D eigenvalue weighted by Gasteiger charge is 2.08. The number of rotatable bonds is 7. The summed E-state index contributed by atoms with van der Waals surface area (Å²) in [6.07, 6.45) is 3.35. The number of aliphatic carboxylic acids is 1. The molecule has 132 valence electrons. The highest BCUT2D eigenvalue weighted by Crippen LogP contribution is 2.21. The van der Waals surface area contributed by atoms with Crippen LogP contribution in [0.3, 0.4) is 0 Å². The molecule has 0 atom stereocenters. The summed E-state index contributed by atoms with van der Waals surface area (Å²) in [4.78, 5) is 23.5. The number of halogens is 1. The molecule has 2 aromatic heterocycles. The maximum atomic E-state index is 10.8. The summed E-state index contributed by atoms with van der Waals surface area (Å²) in [5.41, 5.74) is 2.63. The van der Waals surface area contributed by atoms with Gasteiger partial charge in [-0.05, 0) is 29.8 Å². The van der Waals surface area contributed by atoms with Crippen molar-refractivity contribution in [3.63, 3.8) is 0 Å². The van der Waals surface area contributed by atoms with Crippen molar-refractivity contribution < 1.29 is 9.90 Å². The first kappa shape index (κ1) is 17.8. The van der Waals surface area contributed by atoms with Crippen LogP contribution in [0.4, 0.5) is 11.8 Å². The molecule has 3 rings (SSSR count). The van der Waals surface area contributed by atoms with Gasteiger partial charge in [0.25, 0.3) is 0 Å². The zero-order valence-electron chi connectivity index (χ0n) is 13.7. The maximum absolute atomic E-state index is 10.8. The van der Waals surface area contributed by atoms with Crippen LogP contribution in [0.5, 0.6) is 0 Å². The number of benzene rings is 1. The van der Waals surface area contributed by atoms with E-state index < -0.39 is 5.97 Å². The van der Waals surface area contributed by atoms with Gasteiger partial charge in [-0.3, -0.25) is 9.78 Å². The molecule has 8 heteroatoms. The van der Waals surface area contributed by atoms with Crippen molar-refractivity contribution in [2.45, 2.75) is 6.54 Å². The van der Waals surface area contributed by atoms with Crippen LogP contribution in [0.1, 0.15) is 5.56 Å². The number of carbonyl (C=O) groups is 1. The van der Waals surface area contributed by atoms with Gasteiger partial charge in [-0.1, -0.05) is 28.1 Å². The van der Waals surface area contributed by atoms with Crippen LogP contribution in [0, 0.1) is 0 Å². The van der Waals surface area contributed by atoms with E-state index in [9.17, 15) is 4.79 Å². The SMILES string of the molecule is O=C(O)CNc1nc(NCc2cccc(Br)c2)cc(-c2ccncc2)n1. The molecule has 0 aliphatic rings. The quantitative estimate of drug-likeness (QED) is 0.545. The molecule has 0 spiro atoms. The van der Waals surface area contributed by atoms with E-state index in [4.69, 9.17) is 5.11 Å². The Morgan fingerprint density at radius 3 is 2.62 bits per heavy atom. The van der Waals surface area contributed by atoms with Gasteiger partial charge in [-0.25, -0.2) is 4.98 Å². The van der Waals surface area contributed by atoms with Crippen molar-refractivity contribution in [1.82, 2.24) is 15.0 Å². The Morgan fingerprint density at radius 2 is 1.88 bits per heavy atom. The number of nitrogens with one attached hydrogen (secondary N) is 2. The molecule has 26 heavy (non-hydrogen) atoms. The monoisotopic (exact) mass is 413 g/mol. The zero-order chi connectivity index (χ0) is 18.4. The fourth-order valence-corrected chi connectivity index (χ4v) is 2.73. The van der Waals surface area contributed by atoms with Crippen LogP contribution in [-0.4, -0.2) is 32.6 Å². The molecule has 3 aromatic rings. The topological polar surface area (TPSA) is 100 Å². The van der Waals surface area contributed by atoms with Gasteiger partial charge in [0.1, 0.15) is 12.4 Å². The Hall–Kier alpha value is -3.00. The summed E-state index contributed by atoms with van der Waals surface area (Å²) in [6.45, 7) is 0.315. The number of anilines is 2. The Labute approximate surface area is 158 Å². The van der Waals surface area contributed by atoms with E-state index in [1.807, 2.05) is 42.5 Å². The van der Waals surface area contributed by atoms with Gasteiger partial charge in [0.2, 0.25) is 5.95 Å². The van der Waals surface area contributed by atoms with Crippen molar-refractivity contribution in [3.05, 3.63) is 64.9 Å². The second-order valence-electron chi connectivity index (χ2n) is 5.43. The minimum absolute atomic E-state index is 0.249. The van der Waals surface area contributed by atoms with Gasteiger partial charge in [-0.15, -0.1) is 0 Å². The van der Waals surface area contributed by atoms with Crippen LogP contribution in [0.15, 0.2) is 59.3 Å². The van der Waals surface area contributed by atoms with E-state index in [0.717, 1.165) is 15.6 Å². The van der Waals surface area contributed by atoms with Gasteiger partial charge >= 0.3 is 5.97 Å². The van der Waals surface area contributed by atoms with E-state index in [2.05, 4.69) is 41.5 Å². The number of pyridine rings is 1. The van der Waals surface area contributed by atoms with Crippen molar-refractivity contribution in [2.75, 3.05) is 17.2 Å². The summed E-state index contributed by atoms with van der Waals surface area (Å²) in [6, 6.07) is 13.4. The molecule has 0 aliphatic heterocycles. The van der Waals surface area contributed by atoms with Gasteiger partial charge in [0.05, 0.1) is 5.69 Å². The number of carboxylic acid groups (broad SMARTS) is 1. The Kier molecular flexibility index (Phi) is 5.75. The third kappa shape index (κ3) is 5.00. The standard InChI is InChI=1S/C18H16BrN5O2/c19-14-3-1-2-12(8-14)10-21-16-9-15(13-4-6-20-7-5-13)23-18(24-16)22-11-17(25)26/h1-9H,10-11H2,(H,25,26)(H2,21,22,23,24). The molecule has 7 nitrogen and oxygen atoms in total. The highest BCUT2D eigenvalue weighted by molar-refractivity contribution is 9.10. The van der Waals surface area contributed by atoms with E-state index in [1.54, 1.807) is 12.4 Å². The van der Waals surface area contributed by atoms with Crippen molar-refractivity contribution in [3.8, 4) is 11.3 Å².